The molecule has 13 heavy (non-hydrogen) atoms. The van der Waals surface area contributed by atoms with Crippen LogP contribution in [0.3, 0.4) is 0 Å². The lowest BCUT2D eigenvalue weighted by atomic mass is 10.1. The number of rotatable bonds is 4. The van der Waals surface area contributed by atoms with Crippen molar-refractivity contribution in [3.63, 3.8) is 0 Å². The van der Waals surface area contributed by atoms with Gasteiger partial charge in [-0.25, -0.2) is 4.68 Å². The van der Waals surface area contributed by atoms with Crippen LogP contribution in [0.2, 0.25) is 0 Å². The highest BCUT2D eigenvalue weighted by Crippen LogP contribution is 2.18. The van der Waals surface area contributed by atoms with Crippen LogP contribution < -0.4 is 0 Å². The molecule has 0 atom stereocenters. The molecule has 0 radical (unpaired) electrons. The highest BCUT2D eigenvalue weighted by Gasteiger charge is 2.08. The van der Waals surface area contributed by atoms with E-state index in [0.29, 0.717) is 5.92 Å². The first kappa shape index (κ1) is 10.1. The van der Waals surface area contributed by atoms with Gasteiger partial charge in [-0.2, -0.15) is 5.10 Å². The van der Waals surface area contributed by atoms with Gasteiger partial charge in [0.15, 0.2) is 0 Å². The summed E-state index contributed by atoms with van der Waals surface area (Å²) in [5, 5.41) is 13.8. The van der Waals surface area contributed by atoms with E-state index in [0.717, 1.165) is 25.1 Å². The van der Waals surface area contributed by atoms with Gasteiger partial charge in [0, 0.05) is 12.6 Å². The van der Waals surface area contributed by atoms with Gasteiger partial charge in [0.25, 0.3) is 0 Å². The zero-order valence-corrected chi connectivity index (χ0v) is 8.62. The first-order chi connectivity index (χ1) is 6.15. The Hall–Kier alpha value is -0.990. The normalized spacial score (nSPS) is 11.1. The highest BCUT2D eigenvalue weighted by molar-refractivity contribution is 5.16. The van der Waals surface area contributed by atoms with Gasteiger partial charge in [-0.05, 0) is 12.3 Å². The van der Waals surface area contributed by atoms with Crippen LogP contribution in [-0.4, -0.2) is 14.9 Å². The van der Waals surface area contributed by atoms with Gasteiger partial charge in [0.1, 0.15) is 0 Å². The van der Waals surface area contributed by atoms with Crippen LogP contribution >= 0.6 is 0 Å². The molecule has 3 nitrogen and oxygen atoms in total. The minimum Gasteiger partial charge on any atom is -0.493 e. The Morgan fingerprint density at radius 1 is 1.54 bits per heavy atom. The summed E-state index contributed by atoms with van der Waals surface area (Å²) >= 11 is 0. The number of hydrogen-bond donors (Lipinski definition) is 1. The number of aromatic nitrogens is 2. The van der Waals surface area contributed by atoms with Crippen molar-refractivity contribution in [2.24, 2.45) is 0 Å². The first-order valence-electron chi connectivity index (χ1n) is 4.91. The average molecular weight is 182 g/mol. The molecule has 0 aliphatic carbocycles. The van der Waals surface area contributed by atoms with E-state index in [9.17, 15) is 5.11 Å². The molecule has 1 aromatic heterocycles. The number of nitrogens with zero attached hydrogens (tertiary/aromatic N) is 2. The van der Waals surface area contributed by atoms with Gasteiger partial charge in [0.2, 0.25) is 5.88 Å². The third kappa shape index (κ3) is 2.47. The molecule has 0 aliphatic rings. The van der Waals surface area contributed by atoms with Crippen molar-refractivity contribution in [3.05, 3.63) is 11.8 Å². The summed E-state index contributed by atoms with van der Waals surface area (Å²) in [6.45, 7) is 7.09. The molecule has 0 amide bonds. The van der Waals surface area contributed by atoms with Gasteiger partial charge >= 0.3 is 0 Å². The van der Waals surface area contributed by atoms with Crippen LogP contribution in [0, 0.1) is 0 Å². The predicted octanol–water partition coefficient (Wildman–Crippen LogP) is 2.51. The van der Waals surface area contributed by atoms with Crippen molar-refractivity contribution in [2.75, 3.05) is 0 Å². The second-order valence-corrected chi connectivity index (χ2v) is 3.66. The van der Waals surface area contributed by atoms with Gasteiger partial charge in [0.05, 0.1) is 5.69 Å². The topological polar surface area (TPSA) is 38.0 Å². The second kappa shape index (κ2) is 4.30. The summed E-state index contributed by atoms with van der Waals surface area (Å²) in [7, 11) is 0. The van der Waals surface area contributed by atoms with Crippen molar-refractivity contribution in [3.8, 4) is 5.88 Å². The number of hydrogen-bond acceptors (Lipinski definition) is 2. The average Bonchev–Trinajstić information content (AvgIpc) is 2.44. The molecule has 1 rings (SSSR count). The monoisotopic (exact) mass is 182 g/mol. The van der Waals surface area contributed by atoms with E-state index in [-0.39, 0.29) is 5.88 Å². The van der Waals surface area contributed by atoms with Crippen molar-refractivity contribution < 1.29 is 5.11 Å². The fourth-order valence-corrected chi connectivity index (χ4v) is 1.18. The molecular weight excluding hydrogens is 164 g/mol. The Labute approximate surface area is 79.4 Å². The van der Waals surface area contributed by atoms with Crippen molar-refractivity contribution in [1.29, 1.82) is 0 Å². The van der Waals surface area contributed by atoms with E-state index in [4.69, 9.17) is 0 Å². The molecule has 0 saturated carbocycles. The molecule has 1 heterocycles. The Kier molecular flexibility index (Phi) is 3.34. The van der Waals surface area contributed by atoms with E-state index in [1.165, 1.54) is 0 Å². The second-order valence-electron chi connectivity index (χ2n) is 3.66. The summed E-state index contributed by atoms with van der Waals surface area (Å²) in [6, 6.07) is 1.75. The molecule has 1 aromatic rings. The molecule has 0 spiro atoms. The van der Waals surface area contributed by atoms with Gasteiger partial charge in [-0.15, -0.1) is 0 Å². The quantitative estimate of drug-likeness (QED) is 0.777. The summed E-state index contributed by atoms with van der Waals surface area (Å²) in [5.74, 6) is 0.672. The van der Waals surface area contributed by atoms with Crippen molar-refractivity contribution in [1.82, 2.24) is 9.78 Å². The number of aromatic hydroxyl groups is 1. The Bertz CT molecular complexity index is 266. The maximum atomic E-state index is 9.51. The molecule has 0 bridgehead atoms. The minimum absolute atomic E-state index is 0.289. The summed E-state index contributed by atoms with van der Waals surface area (Å²) in [4.78, 5) is 0. The maximum absolute atomic E-state index is 9.51. The minimum atomic E-state index is 0.289. The maximum Gasteiger partial charge on any atom is 0.209 e. The molecule has 0 aromatic carbocycles. The van der Waals surface area contributed by atoms with Crippen molar-refractivity contribution in [2.45, 2.75) is 46.1 Å². The standard InChI is InChI=1S/C10H18N2O/c1-4-5-6-12-10(13)7-9(11-12)8(2)3/h7-8,13H,4-6H2,1-3H3. The number of aryl methyl sites for hydroxylation is 1. The lowest BCUT2D eigenvalue weighted by Crippen LogP contribution is -2.00. The van der Waals surface area contributed by atoms with Crippen LogP contribution in [0.4, 0.5) is 0 Å². The zero-order chi connectivity index (χ0) is 9.84. The molecule has 0 saturated heterocycles. The summed E-state index contributed by atoms with van der Waals surface area (Å²) in [5.41, 5.74) is 0.966. The molecule has 3 heteroatoms. The highest BCUT2D eigenvalue weighted by atomic mass is 16.3. The van der Waals surface area contributed by atoms with Gasteiger partial charge < -0.3 is 5.11 Å². The Balaban J connectivity index is 2.71. The Morgan fingerprint density at radius 3 is 2.69 bits per heavy atom. The van der Waals surface area contributed by atoms with E-state index >= 15 is 0 Å². The van der Waals surface area contributed by atoms with E-state index in [1.54, 1.807) is 10.7 Å². The molecule has 0 unspecified atom stereocenters. The molecule has 0 fully saturated rings. The van der Waals surface area contributed by atoms with Crippen LogP contribution in [0.25, 0.3) is 0 Å². The predicted molar refractivity (Wildman–Crippen MR) is 52.9 cm³/mol. The largest absolute Gasteiger partial charge is 0.493 e. The molecule has 0 aliphatic heterocycles. The van der Waals surface area contributed by atoms with Crippen molar-refractivity contribution >= 4 is 0 Å². The van der Waals surface area contributed by atoms with Crippen LogP contribution in [0.15, 0.2) is 6.07 Å². The van der Waals surface area contributed by atoms with E-state index in [1.807, 2.05) is 0 Å². The van der Waals surface area contributed by atoms with Crippen LogP contribution in [0.1, 0.15) is 45.2 Å². The molecule has 1 N–H and O–H groups in total. The fourth-order valence-electron chi connectivity index (χ4n) is 1.18. The lowest BCUT2D eigenvalue weighted by Gasteiger charge is -2.01. The van der Waals surface area contributed by atoms with Crippen LogP contribution in [-0.2, 0) is 6.54 Å². The van der Waals surface area contributed by atoms with E-state index in [2.05, 4.69) is 25.9 Å². The third-order valence-corrected chi connectivity index (χ3v) is 2.09. The molecule has 74 valence electrons. The summed E-state index contributed by atoms with van der Waals surface area (Å²) < 4.78 is 1.68. The fraction of sp³-hybridized carbons (Fsp3) is 0.700. The van der Waals surface area contributed by atoms with Gasteiger partial charge in [-0.3, -0.25) is 0 Å². The smallest absolute Gasteiger partial charge is 0.209 e. The van der Waals surface area contributed by atoms with Crippen LogP contribution in [0.5, 0.6) is 5.88 Å². The van der Waals surface area contributed by atoms with E-state index < -0.39 is 0 Å². The number of unbranched alkanes of at least 4 members (excludes halogenated alkanes) is 1. The summed E-state index contributed by atoms with van der Waals surface area (Å²) in [6.07, 6.45) is 2.18. The third-order valence-electron chi connectivity index (χ3n) is 2.09. The first-order valence-corrected chi connectivity index (χ1v) is 4.91. The molecular formula is C10H18N2O. The SMILES string of the molecule is CCCCn1nc(C(C)C)cc1O. The Morgan fingerprint density at radius 2 is 2.23 bits per heavy atom. The zero-order valence-electron chi connectivity index (χ0n) is 8.62. The lowest BCUT2D eigenvalue weighted by molar-refractivity contribution is 0.393. The van der Waals surface area contributed by atoms with Gasteiger partial charge in [-0.1, -0.05) is 27.2 Å².